The SMILES string of the molecule is CCOC(=O)[C@H](CCc1ccccc1)N[C@H]1CCC[C@@H](c2ccccc2)N(CC(=O)O)C1=O. The van der Waals surface area contributed by atoms with Crippen molar-refractivity contribution in [1.82, 2.24) is 10.2 Å². The lowest BCUT2D eigenvalue weighted by molar-refractivity contribution is -0.149. The zero-order chi connectivity index (χ0) is 23.6. The number of amides is 1. The number of esters is 1. The molecule has 0 bridgehead atoms. The van der Waals surface area contributed by atoms with Crippen LogP contribution in [0.5, 0.6) is 0 Å². The number of hydrogen-bond acceptors (Lipinski definition) is 5. The third-order valence-corrected chi connectivity index (χ3v) is 5.96. The van der Waals surface area contributed by atoms with E-state index in [1.165, 1.54) is 4.90 Å². The molecule has 1 amide bonds. The Hall–Kier alpha value is -3.19. The van der Waals surface area contributed by atoms with E-state index in [0.717, 1.165) is 17.5 Å². The molecule has 0 spiro atoms. The van der Waals surface area contributed by atoms with Crippen molar-refractivity contribution < 1.29 is 24.2 Å². The summed E-state index contributed by atoms with van der Waals surface area (Å²) in [4.78, 5) is 39.2. The van der Waals surface area contributed by atoms with Crippen molar-refractivity contribution in [2.45, 2.75) is 57.2 Å². The highest BCUT2D eigenvalue weighted by atomic mass is 16.5. The van der Waals surface area contributed by atoms with E-state index < -0.39 is 24.0 Å². The standard InChI is InChI=1S/C26H32N2O5/c1-2-33-26(32)22(17-16-19-10-5-3-6-11-19)27-21-14-9-15-23(20-12-7-4-8-13-20)28(25(21)31)18-24(29)30/h3-8,10-13,21-23,27H,2,9,14-18H2,1H3,(H,29,30)/t21-,22-,23-/m0/s1. The molecule has 33 heavy (non-hydrogen) atoms. The summed E-state index contributed by atoms with van der Waals surface area (Å²) < 4.78 is 5.26. The number of carbonyl (C=O) groups excluding carboxylic acids is 2. The fraction of sp³-hybridized carbons (Fsp3) is 0.423. The maximum absolute atomic E-state index is 13.5. The molecule has 0 radical (unpaired) electrons. The van der Waals surface area contributed by atoms with E-state index in [1.807, 2.05) is 60.7 Å². The molecule has 1 heterocycles. The van der Waals surface area contributed by atoms with Crippen LogP contribution in [-0.4, -0.2) is 53.1 Å². The molecule has 2 N–H and O–H groups in total. The van der Waals surface area contributed by atoms with Crippen LogP contribution in [0, 0.1) is 0 Å². The van der Waals surface area contributed by atoms with Crippen LogP contribution in [0.3, 0.4) is 0 Å². The number of hydrogen-bond donors (Lipinski definition) is 2. The smallest absolute Gasteiger partial charge is 0.323 e. The van der Waals surface area contributed by atoms with Gasteiger partial charge in [0.05, 0.1) is 18.7 Å². The van der Waals surface area contributed by atoms with Crippen LogP contribution in [0.1, 0.15) is 49.8 Å². The maximum atomic E-state index is 13.5. The average molecular weight is 453 g/mol. The Balaban J connectivity index is 1.79. The van der Waals surface area contributed by atoms with E-state index in [2.05, 4.69) is 5.32 Å². The molecule has 3 atom stereocenters. The fourth-order valence-corrected chi connectivity index (χ4v) is 4.37. The number of aliphatic carboxylic acids is 1. The van der Waals surface area contributed by atoms with E-state index in [0.29, 0.717) is 25.7 Å². The van der Waals surface area contributed by atoms with Gasteiger partial charge in [0.25, 0.3) is 0 Å². The average Bonchev–Trinajstić information content (AvgIpc) is 2.96. The van der Waals surface area contributed by atoms with Gasteiger partial charge in [-0.25, -0.2) is 0 Å². The summed E-state index contributed by atoms with van der Waals surface area (Å²) >= 11 is 0. The van der Waals surface area contributed by atoms with E-state index in [1.54, 1.807) is 6.92 Å². The van der Waals surface area contributed by atoms with E-state index >= 15 is 0 Å². The Kier molecular flexibility index (Phi) is 9.01. The zero-order valence-electron chi connectivity index (χ0n) is 19.0. The lowest BCUT2D eigenvalue weighted by atomic mass is 10.0. The van der Waals surface area contributed by atoms with Crippen LogP contribution >= 0.6 is 0 Å². The third-order valence-electron chi connectivity index (χ3n) is 5.96. The van der Waals surface area contributed by atoms with Gasteiger partial charge in [0, 0.05) is 0 Å². The molecule has 1 aliphatic heterocycles. The second kappa shape index (κ2) is 12.2. The molecular formula is C26H32N2O5. The van der Waals surface area contributed by atoms with Gasteiger partial charge in [-0.15, -0.1) is 0 Å². The molecule has 0 aliphatic carbocycles. The van der Waals surface area contributed by atoms with Gasteiger partial charge in [-0.1, -0.05) is 60.7 Å². The predicted molar refractivity (Wildman–Crippen MR) is 124 cm³/mol. The summed E-state index contributed by atoms with van der Waals surface area (Å²) in [6.45, 7) is 1.62. The monoisotopic (exact) mass is 452 g/mol. The van der Waals surface area contributed by atoms with Gasteiger partial charge < -0.3 is 14.7 Å². The van der Waals surface area contributed by atoms with Crippen molar-refractivity contribution in [3.8, 4) is 0 Å². The van der Waals surface area contributed by atoms with Crippen LogP contribution in [0.15, 0.2) is 60.7 Å². The second-order valence-electron chi connectivity index (χ2n) is 8.27. The maximum Gasteiger partial charge on any atom is 0.323 e. The Morgan fingerprint density at radius 1 is 1.09 bits per heavy atom. The molecule has 1 aliphatic rings. The Morgan fingerprint density at radius 3 is 2.39 bits per heavy atom. The minimum Gasteiger partial charge on any atom is -0.480 e. The molecule has 2 aromatic rings. The highest BCUT2D eigenvalue weighted by Crippen LogP contribution is 2.31. The molecule has 0 saturated carbocycles. The number of carboxylic acid groups (broad SMARTS) is 1. The summed E-state index contributed by atoms with van der Waals surface area (Å²) in [6, 6.07) is 17.7. The summed E-state index contributed by atoms with van der Waals surface area (Å²) in [5.74, 6) is -1.75. The number of benzene rings is 2. The number of ether oxygens (including phenoxy) is 1. The fourth-order valence-electron chi connectivity index (χ4n) is 4.37. The van der Waals surface area contributed by atoms with Crippen LogP contribution in [0.2, 0.25) is 0 Å². The van der Waals surface area contributed by atoms with Crippen molar-refractivity contribution >= 4 is 17.8 Å². The number of likely N-dealkylation sites (tertiary alicyclic amines) is 1. The molecule has 1 saturated heterocycles. The normalized spacial score (nSPS) is 19.5. The molecule has 176 valence electrons. The first-order valence-corrected chi connectivity index (χ1v) is 11.5. The van der Waals surface area contributed by atoms with Crippen LogP contribution in [0.25, 0.3) is 0 Å². The third kappa shape index (κ3) is 6.89. The van der Waals surface area contributed by atoms with Gasteiger partial charge in [-0.05, 0) is 50.2 Å². The molecule has 3 rings (SSSR count). The number of aryl methyl sites for hydroxylation is 1. The van der Waals surface area contributed by atoms with E-state index in [9.17, 15) is 19.5 Å². The summed E-state index contributed by atoms with van der Waals surface area (Å²) in [5.41, 5.74) is 2.01. The van der Waals surface area contributed by atoms with Gasteiger partial charge in [-0.2, -0.15) is 0 Å². The van der Waals surface area contributed by atoms with E-state index in [4.69, 9.17) is 4.74 Å². The molecular weight excluding hydrogens is 420 g/mol. The van der Waals surface area contributed by atoms with Crippen LogP contribution in [0.4, 0.5) is 0 Å². The van der Waals surface area contributed by atoms with Gasteiger partial charge in [-0.3, -0.25) is 19.7 Å². The molecule has 0 aromatic heterocycles. The van der Waals surface area contributed by atoms with Crippen molar-refractivity contribution in [3.63, 3.8) is 0 Å². The largest absolute Gasteiger partial charge is 0.480 e. The summed E-state index contributed by atoms with van der Waals surface area (Å²) in [6.07, 6.45) is 3.06. The minimum atomic E-state index is -1.06. The van der Waals surface area contributed by atoms with Crippen molar-refractivity contribution in [1.29, 1.82) is 0 Å². The van der Waals surface area contributed by atoms with E-state index in [-0.39, 0.29) is 25.1 Å². The van der Waals surface area contributed by atoms with Gasteiger partial charge >= 0.3 is 11.9 Å². The lowest BCUT2D eigenvalue weighted by Gasteiger charge is -2.32. The first-order chi connectivity index (χ1) is 16.0. The molecule has 7 nitrogen and oxygen atoms in total. The van der Waals surface area contributed by atoms with Crippen molar-refractivity contribution in [3.05, 3.63) is 71.8 Å². The quantitative estimate of drug-likeness (QED) is 0.537. The summed E-state index contributed by atoms with van der Waals surface area (Å²) in [7, 11) is 0. The highest BCUT2D eigenvalue weighted by molar-refractivity contribution is 5.87. The molecule has 0 unspecified atom stereocenters. The number of carboxylic acids is 1. The van der Waals surface area contributed by atoms with Crippen molar-refractivity contribution in [2.75, 3.05) is 13.2 Å². The molecule has 2 aromatic carbocycles. The highest BCUT2D eigenvalue weighted by Gasteiger charge is 2.36. The second-order valence-corrected chi connectivity index (χ2v) is 8.27. The first-order valence-electron chi connectivity index (χ1n) is 11.5. The number of rotatable bonds is 10. The predicted octanol–water partition coefficient (Wildman–Crippen LogP) is 3.35. The Morgan fingerprint density at radius 2 is 1.76 bits per heavy atom. The van der Waals surface area contributed by atoms with Gasteiger partial charge in [0.2, 0.25) is 5.91 Å². The number of carbonyl (C=O) groups is 3. The van der Waals surface area contributed by atoms with Crippen LogP contribution in [-0.2, 0) is 25.5 Å². The lowest BCUT2D eigenvalue weighted by Crippen LogP contribution is -2.53. The topological polar surface area (TPSA) is 95.9 Å². The minimum absolute atomic E-state index is 0.252. The van der Waals surface area contributed by atoms with Crippen LogP contribution < -0.4 is 5.32 Å². The summed E-state index contributed by atoms with van der Waals surface area (Å²) in [5, 5.41) is 12.7. The zero-order valence-corrected chi connectivity index (χ0v) is 19.0. The van der Waals surface area contributed by atoms with Gasteiger partial charge in [0.15, 0.2) is 0 Å². The van der Waals surface area contributed by atoms with Crippen molar-refractivity contribution in [2.24, 2.45) is 0 Å². The molecule has 1 fully saturated rings. The molecule has 7 heteroatoms. The Labute approximate surface area is 194 Å². The van der Waals surface area contributed by atoms with Gasteiger partial charge in [0.1, 0.15) is 12.6 Å². The Bertz CT molecular complexity index is 919. The number of nitrogens with one attached hydrogen (secondary N) is 1. The first kappa shape index (κ1) is 24.5. The number of nitrogens with zero attached hydrogens (tertiary/aromatic N) is 1.